The number of hydrogen-bond acceptors (Lipinski definition) is 3. The summed E-state index contributed by atoms with van der Waals surface area (Å²) in [5.41, 5.74) is 5.26. The minimum Gasteiger partial charge on any atom is -0.497 e. The number of rotatable bonds is 3. The van der Waals surface area contributed by atoms with Gasteiger partial charge < -0.3 is 14.8 Å². The van der Waals surface area contributed by atoms with Crippen LogP contribution in [0.3, 0.4) is 0 Å². The van der Waals surface area contributed by atoms with Gasteiger partial charge in [0.05, 0.1) is 20.3 Å². The molecule has 1 atom stereocenters. The van der Waals surface area contributed by atoms with Crippen LogP contribution >= 0.6 is 0 Å². The Kier molecular flexibility index (Phi) is 3.84. The topological polar surface area (TPSA) is 30.5 Å². The van der Waals surface area contributed by atoms with Gasteiger partial charge in [-0.05, 0) is 59.9 Å². The van der Waals surface area contributed by atoms with Gasteiger partial charge in [-0.1, -0.05) is 12.1 Å². The minimum atomic E-state index is 0.241. The quantitative estimate of drug-likeness (QED) is 0.938. The summed E-state index contributed by atoms with van der Waals surface area (Å²) >= 11 is 0. The van der Waals surface area contributed by atoms with Gasteiger partial charge in [0.1, 0.15) is 11.5 Å². The first-order chi connectivity index (χ1) is 10.2. The molecule has 0 spiro atoms. The van der Waals surface area contributed by atoms with E-state index in [1.54, 1.807) is 14.2 Å². The molecule has 2 aromatic carbocycles. The highest BCUT2D eigenvalue weighted by Gasteiger charge is 2.23. The summed E-state index contributed by atoms with van der Waals surface area (Å²) in [5.74, 6) is 1.84. The van der Waals surface area contributed by atoms with Crippen LogP contribution in [0.4, 0.5) is 0 Å². The van der Waals surface area contributed by atoms with Gasteiger partial charge in [0.2, 0.25) is 0 Å². The molecule has 0 saturated heterocycles. The fourth-order valence-corrected chi connectivity index (χ4v) is 3.04. The number of methoxy groups -OCH3 is 2. The van der Waals surface area contributed by atoms with Crippen LogP contribution < -0.4 is 14.8 Å². The van der Waals surface area contributed by atoms with Gasteiger partial charge in [0, 0.05) is 6.54 Å². The molecule has 2 aromatic rings. The molecule has 21 heavy (non-hydrogen) atoms. The first-order valence-electron chi connectivity index (χ1n) is 7.27. The van der Waals surface area contributed by atoms with Crippen molar-refractivity contribution in [3.63, 3.8) is 0 Å². The second-order valence-corrected chi connectivity index (χ2v) is 5.42. The molecule has 0 amide bonds. The van der Waals surface area contributed by atoms with Crippen LogP contribution in [0.25, 0.3) is 0 Å². The molecule has 1 unspecified atom stereocenters. The number of nitrogens with one attached hydrogen (secondary N) is 1. The highest BCUT2D eigenvalue weighted by Crippen LogP contribution is 2.33. The molecule has 1 N–H and O–H groups in total. The first kappa shape index (κ1) is 14.0. The zero-order valence-electron chi connectivity index (χ0n) is 12.8. The number of hydrogen-bond donors (Lipinski definition) is 1. The molecule has 0 bridgehead atoms. The van der Waals surface area contributed by atoms with Crippen LogP contribution in [0.1, 0.15) is 28.3 Å². The van der Waals surface area contributed by atoms with Gasteiger partial charge in [-0.15, -0.1) is 0 Å². The molecule has 110 valence electrons. The highest BCUT2D eigenvalue weighted by atomic mass is 16.5. The Morgan fingerprint density at radius 2 is 1.62 bits per heavy atom. The van der Waals surface area contributed by atoms with Gasteiger partial charge in [-0.3, -0.25) is 0 Å². The zero-order valence-corrected chi connectivity index (χ0v) is 12.8. The van der Waals surface area contributed by atoms with Crippen molar-refractivity contribution in [1.29, 1.82) is 0 Å². The molecule has 3 nitrogen and oxygen atoms in total. The molecule has 0 saturated carbocycles. The summed E-state index contributed by atoms with van der Waals surface area (Å²) in [6.45, 7) is 3.12. The summed E-state index contributed by atoms with van der Waals surface area (Å²) in [4.78, 5) is 0. The van der Waals surface area contributed by atoms with Crippen molar-refractivity contribution < 1.29 is 9.47 Å². The predicted octanol–water partition coefficient (Wildman–Crippen LogP) is 3.25. The Bertz CT molecular complexity index is 652. The molecule has 0 radical (unpaired) electrons. The average Bonchev–Trinajstić information content (AvgIpc) is 2.53. The van der Waals surface area contributed by atoms with Crippen LogP contribution in [-0.4, -0.2) is 20.8 Å². The van der Waals surface area contributed by atoms with Crippen molar-refractivity contribution in [2.45, 2.75) is 19.4 Å². The lowest BCUT2D eigenvalue weighted by atomic mass is 9.88. The third-order valence-corrected chi connectivity index (χ3v) is 4.19. The van der Waals surface area contributed by atoms with Crippen LogP contribution in [0.15, 0.2) is 36.4 Å². The second kappa shape index (κ2) is 5.78. The van der Waals surface area contributed by atoms with Gasteiger partial charge in [0.25, 0.3) is 0 Å². The van der Waals surface area contributed by atoms with E-state index >= 15 is 0 Å². The normalized spacial score (nSPS) is 17.2. The Balaban J connectivity index is 2.02. The van der Waals surface area contributed by atoms with E-state index in [-0.39, 0.29) is 6.04 Å². The molecule has 1 heterocycles. The maximum Gasteiger partial charge on any atom is 0.119 e. The molecule has 0 aliphatic carbocycles. The molecule has 1 aliphatic heterocycles. The van der Waals surface area contributed by atoms with Gasteiger partial charge in [0.15, 0.2) is 0 Å². The van der Waals surface area contributed by atoms with E-state index in [2.05, 4.69) is 36.5 Å². The molecule has 0 aromatic heterocycles. The lowest BCUT2D eigenvalue weighted by Gasteiger charge is -2.29. The summed E-state index contributed by atoms with van der Waals surface area (Å²) in [6, 6.07) is 12.9. The second-order valence-electron chi connectivity index (χ2n) is 5.42. The van der Waals surface area contributed by atoms with Gasteiger partial charge >= 0.3 is 0 Å². The Hall–Kier alpha value is -2.00. The van der Waals surface area contributed by atoms with E-state index in [1.807, 2.05) is 12.1 Å². The van der Waals surface area contributed by atoms with Crippen LogP contribution in [0, 0.1) is 6.92 Å². The summed E-state index contributed by atoms with van der Waals surface area (Å²) in [7, 11) is 3.42. The smallest absolute Gasteiger partial charge is 0.119 e. The monoisotopic (exact) mass is 283 g/mol. The summed E-state index contributed by atoms with van der Waals surface area (Å²) in [6.07, 6.45) is 1.04. The van der Waals surface area contributed by atoms with Crippen molar-refractivity contribution in [2.75, 3.05) is 20.8 Å². The van der Waals surface area contributed by atoms with E-state index < -0.39 is 0 Å². The summed E-state index contributed by atoms with van der Waals surface area (Å²) in [5, 5.41) is 3.63. The fraction of sp³-hybridized carbons (Fsp3) is 0.333. The van der Waals surface area contributed by atoms with E-state index in [0.717, 1.165) is 24.5 Å². The lowest BCUT2D eigenvalue weighted by Crippen LogP contribution is -2.31. The molecular formula is C18H21NO2. The van der Waals surface area contributed by atoms with E-state index in [0.29, 0.717) is 0 Å². The fourth-order valence-electron chi connectivity index (χ4n) is 3.04. The molecule has 0 fully saturated rings. The molecule has 3 rings (SSSR count). The number of benzene rings is 2. The van der Waals surface area contributed by atoms with Crippen molar-refractivity contribution in [2.24, 2.45) is 0 Å². The molecular weight excluding hydrogens is 262 g/mol. The maximum absolute atomic E-state index is 5.34. The third-order valence-electron chi connectivity index (χ3n) is 4.19. The van der Waals surface area contributed by atoms with E-state index in [1.165, 1.54) is 22.3 Å². The van der Waals surface area contributed by atoms with Gasteiger partial charge in [-0.2, -0.15) is 0 Å². The molecule has 3 heteroatoms. The van der Waals surface area contributed by atoms with Crippen molar-refractivity contribution in [3.8, 4) is 11.5 Å². The largest absolute Gasteiger partial charge is 0.497 e. The third kappa shape index (κ3) is 2.61. The minimum absolute atomic E-state index is 0.241. The number of fused-ring (bicyclic) bond motifs is 1. The Morgan fingerprint density at radius 1 is 0.952 bits per heavy atom. The molecule has 1 aliphatic rings. The van der Waals surface area contributed by atoms with Crippen molar-refractivity contribution in [3.05, 3.63) is 58.7 Å². The highest BCUT2D eigenvalue weighted by molar-refractivity contribution is 5.47. The number of ether oxygens (including phenoxy) is 2. The standard InChI is InChI=1S/C18H21NO2/c1-12-10-14(20-2)4-6-16(12)18-17-7-5-15(21-3)11-13(17)8-9-19-18/h4-7,10-11,18-19H,8-9H2,1-3H3. The Morgan fingerprint density at radius 3 is 2.29 bits per heavy atom. The van der Waals surface area contributed by atoms with Gasteiger partial charge in [-0.25, -0.2) is 0 Å². The SMILES string of the molecule is COc1ccc(C2NCCc3cc(OC)ccc32)c(C)c1. The van der Waals surface area contributed by atoms with Crippen LogP contribution in [-0.2, 0) is 6.42 Å². The van der Waals surface area contributed by atoms with Crippen molar-refractivity contribution >= 4 is 0 Å². The van der Waals surface area contributed by atoms with Crippen molar-refractivity contribution in [1.82, 2.24) is 5.32 Å². The Labute approximate surface area is 125 Å². The van der Waals surface area contributed by atoms with Crippen LogP contribution in [0.2, 0.25) is 0 Å². The predicted molar refractivity (Wildman–Crippen MR) is 84.3 cm³/mol. The van der Waals surface area contributed by atoms with Crippen LogP contribution in [0.5, 0.6) is 11.5 Å². The van der Waals surface area contributed by atoms with E-state index in [9.17, 15) is 0 Å². The lowest BCUT2D eigenvalue weighted by molar-refractivity contribution is 0.412. The van der Waals surface area contributed by atoms with E-state index in [4.69, 9.17) is 9.47 Å². The average molecular weight is 283 g/mol. The first-order valence-corrected chi connectivity index (χ1v) is 7.27. The number of aryl methyl sites for hydroxylation is 1. The summed E-state index contributed by atoms with van der Waals surface area (Å²) < 4.78 is 10.6. The maximum atomic E-state index is 5.34. The zero-order chi connectivity index (χ0) is 14.8.